The van der Waals surface area contributed by atoms with Crippen molar-refractivity contribution in [1.29, 1.82) is 0 Å². The molecule has 0 saturated carbocycles. The van der Waals surface area contributed by atoms with Crippen molar-refractivity contribution in [3.63, 3.8) is 0 Å². The van der Waals surface area contributed by atoms with E-state index in [4.69, 9.17) is 0 Å². The van der Waals surface area contributed by atoms with Crippen LogP contribution in [0.1, 0.15) is 6.04 Å². The highest BCUT2D eigenvalue weighted by Gasteiger charge is 2.38. The maximum Gasteiger partial charge on any atom is 0.235 e. The molecule has 0 amide bonds. The molecule has 0 N–H and O–H groups in total. The van der Waals surface area contributed by atoms with E-state index >= 15 is 0 Å². The van der Waals surface area contributed by atoms with E-state index in [1.165, 1.54) is 88.2 Å². The van der Waals surface area contributed by atoms with E-state index in [1.807, 2.05) is 0 Å². The Kier molecular flexibility index (Phi) is 5.53. The third kappa shape index (κ3) is 3.58. The first-order valence-corrected chi connectivity index (χ1v) is 18.0. The van der Waals surface area contributed by atoms with Crippen molar-refractivity contribution < 1.29 is 0 Å². The van der Waals surface area contributed by atoms with Gasteiger partial charge < -0.3 is 13.7 Å². The van der Waals surface area contributed by atoms with Crippen molar-refractivity contribution in [3.05, 3.63) is 182 Å². The van der Waals surface area contributed by atoms with Crippen molar-refractivity contribution in [2.45, 2.75) is 6.04 Å². The fraction of sp³-hybridized carbons (Fsp3) is 0.0208. The molecule has 12 rings (SSSR count). The van der Waals surface area contributed by atoms with Gasteiger partial charge >= 0.3 is 0 Å². The number of allylic oxidation sites excluding steroid dienone is 4. The average molecular weight is 664 g/mol. The lowest BCUT2D eigenvalue weighted by molar-refractivity contribution is 0.782. The van der Waals surface area contributed by atoms with Gasteiger partial charge in [0.1, 0.15) is 11.6 Å². The van der Waals surface area contributed by atoms with Crippen LogP contribution in [0.15, 0.2) is 182 Å². The van der Waals surface area contributed by atoms with Gasteiger partial charge in [-0.25, -0.2) is 0 Å². The lowest BCUT2D eigenvalue weighted by atomic mass is 10.0. The highest BCUT2D eigenvalue weighted by atomic mass is 15.2. The molecule has 0 fully saturated rings. The summed E-state index contributed by atoms with van der Waals surface area (Å²) in [6, 6.07) is 57.8. The molecule has 4 heteroatoms. The minimum Gasteiger partial charge on any atom is -0.316 e. The van der Waals surface area contributed by atoms with Gasteiger partial charge in [0, 0.05) is 68.0 Å². The fourth-order valence-corrected chi connectivity index (χ4v) is 9.25. The topological polar surface area (TPSA) is 17.8 Å². The molecule has 1 aliphatic heterocycles. The van der Waals surface area contributed by atoms with Crippen LogP contribution in [-0.2, 0) is 0 Å². The number of rotatable bonds is 3. The molecule has 7 aromatic carbocycles. The molecule has 0 radical (unpaired) electrons. The monoisotopic (exact) mass is 663 g/mol. The van der Waals surface area contributed by atoms with E-state index in [0.29, 0.717) is 0 Å². The lowest BCUT2D eigenvalue weighted by Crippen LogP contribution is -2.30. The Morgan fingerprint density at radius 2 is 1.06 bits per heavy atom. The Bertz CT molecular complexity index is 3220. The van der Waals surface area contributed by atoms with Crippen molar-refractivity contribution in [1.82, 2.24) is 18.3 Å². The highest BCUT2D eigenvalue weighted by molar-refractivity contribution is 6.26. The first kappa shape index (κ1) is 27.9. The molecule has 1 atom stereocenters. The summed E-state index contributed by atoms with van der Waals surface area (Å²) in [5.74, 6) is 0. The lowest BCUT2D eigenvalue weighted by Gasteiger charge is -2.25. The van der Waals surface area contributed by atoms with Gasteiger partial charge in [-0.3, -0.25) is 0 Å². The number of aromatic nitrogens is 3. The molecule has 0 spiro atoms. The maximum atomic E-state index is 2.62. The van der Waals surface area contributed by atoms with Crippen molar-refractivity contribution in [2.75, 3.05) is 0 Å². The Morgan fingerprint density at radius 3 is 1.87 bits per heavy atom. The molecule has 1 aliphatic carbocycles. The standard InChI is InChI=1S/C48H31N4/c1-3-14-31(15-4-1)49-40-21-9-8-19-35(40)39-30-33(26-29-42(39)49)51-41-22-10-7-18-34(41)37-27-28-38-36-20-13-25-45-46(36)52(48(38)47(37)51)44-24-12-11-23-43(44)50(45)32-16-5-2-6-17-32/h1-30,44H/q+1. The maximum absolute atomic E-state index is 2.62. The number of benzene rings is 7. The first-order chi connectivity index (χ1) is 25.8. The molecular weight excluding hydrogens is 633 g/mol. The molecule has 0 saturated heterocycles. The minimum absolute atomic E-state index is 0.0310. The smallest absolute Gasteiger partial charge is 0.235 e. The van der Waals surface area contributed by atoms with E-state index in [2.05, 4.69) is 200 Å². The zero-order chi connectivity index (χ0) is 33.9. The summed E-state index contributed by atoms with van der Waals surface area (Å²) >= 11 is 0. The Labute approximate surface area is 299 Å². The number of nitrogens with zero attached hydrogens (tertiary/aromatic N) is 4. The van der Waals surface area contributed by atoms with Gasteiger partial charge in [-0.05, 0) is 42.5 Å². The summed E-state index contributed by atoms with van der Waals surface area (Å²) in [5.41, 5.74) is 13.3. The van der Waals surface area contributed by atoms with Gasteiger partial charge in [0.05, 0.1) is 27.6 Å². The first-order valence-electron chi connectivity index (χ1n) is 18.0. The van der Waals surface area contributed by atoms with Crippen LogP contribution < -0.4 is 4.58 Å². The van der Waals surface area contributed by atoms with Gasteiger partial charge in [-0.2, -0.15) is 4.58 Å². The summed E-state index contributed by atoms with van der Waals surface area (Å²) in [6.45, 7) is 0. The van der Waals surface area contributed by atoms with Gasteiger partial charge in [0.15, 0.2) is 0 Å². The predicted molar refractivity (Wildman–Crippen MR) is 218 cm³/mol. The zero-order valence-electron chi connectivity index (χ0n) is 28.2. The van der Waals surface area contributed by atoms with Gasteiger partial charge in [0.25, 0.3) is 0 Å². The molecule has 4 nitrogen and oxygen atoms in total. The van der Waals surface area contributed by atoms with E-state index in [-0.39, 0.29) is 6.04 Å². The number of para-hydroxylation sites is 5. The number of fused-ring (bicyclic) bond motifs is 12. The van der Waals surface area contributed by atoms with Crippen molar-refractivity contribution >= 4 is 82.5 Å². The third-order valence-electron chi connectivity index (χ3n) is 11.3. The number of hydrogen-bond acceptors (Lipinski definition) is 0. The Morgan fingerprint density at radius 1 is 0.423 bits per heavy atom. The molecule has 3 aromatic heterocycles. The molecular formula is C48H31N4+. The van der Waals surface area contributed by atoms with Crippen LogP contribution in [0.2, 0.25) is 0 Å². The molecule has 4 heterocycles. The summed E-state index contributed by atoms with van der Waals surface area (Å²) in [4.78, 5) is 0. The largest absolute Gasteiger partial charge is 0.316 e. The van der Waals surface area contributed by atoms with Crippen LogP contribution in [0.25, 0.3) is 76.8 Å². The van der Waals surface area contributed by atoms with Crippen LogP contribution in [0.3, 0.4) is 0 Å². The second kappa shape index (κ2) is 10.3. The minimum atomic E-state index is 0.0310. The molecule has 52 heavy (non-hydrogen) atoms. The average Bonchev–Trinajstić information content (AvgIpc) is 3.85. The van der Waals surface area contributed by atoms with Gasteiger partial charge in [-0.1, -0.05) is 115 Å². The normalized spacial score (nSPS) is 15.3. The highest BCUT2D eigenvalue weighted by Crippen LogP contribution is 2.47. The second-order valence-electron chi connectivity index (χ2n) is 13.9. The Hall–Kier alpha value is -6.91. The van der Waals surface area contributed by atoms with Crippen LogP contribution in [0.4, 0.5) is 11.4 Å². The second-order valence-corrected chi connectivity index (χ2v) is 13.9. The molecule has 242 valence electrons. The Balaban J connectivity index is 1.22. The van der Waals surface area contributed by atoms with Crippen molar-refractivity contribution in [3.8, 4) is 11.4 Å². The van der Waals surface area contributed by atoms with E-state index < -0.39 is 0 Å². The molecule has 0 bridgehead atoms. The SMILES string of the molecule is C1=CC2=[N+](c3ccccc3)c3cccc4c5ccc6c7ccccc7n(-c7ccc8c(c7)c7ccccc7n8-c7ccccc7)c6c5n(c34)C2C=C1. The molecule has 1 unspecified atom stereocenters. The van der Waals surface area contributed by atoms with Gasteiger partial charge in [-0.15, -0.1) is 0 Å². The summed E-state index contributed by atoms with van der Waals surface area (Å²) in [5, 5.41) is 7.56. The molecule has 10 aromatic rings. The van der Waals surface area contributed by atoms with E-state index in [1.54, 1.807) is 0 Å². The predicted octanol–water partition coefficient (Wildman–Crippen LogP) is 11.9. The molecule has 2 aliphatic rings. The van der Waals surface area contributed by atoms with Crippen LogP contribution in [-0.4, -0.2) is 19.4 Å². The van der Waals surface area contributed by atoms with E-state index in [9.17, 15) is 0 Å². The van der Waals surface area contributed by atoms with Gasteiger partial charge in [0.2, 0.25) is 17.1 Å². The number of hydrogen-bond donors (Lipinski definition) is 0. The summed E-state index contributed by atoms with van der Waals surface area (Å²) < 4.78 is 9.98. The summed E-state index contributed by atoms with van der Waals surface area (Å²) in [7, 11) is 0. The van der Waals surface area contributed by atoms with Crippen LogP contribution in [0, 0.1) is 0 Å². The fourth-order valence-electron chi connectivity index (χ4n) is 9.25. The van der Waals surface area contributed by atoms with Crippen LogP contribution in [0.5, 0.6) is 0 Å². The van der Waals surface area contributed by atoms with Crippen molar-refractivity contribution in [2.24, 2.45) is 0 Å². The third-order valence-corrected chi connectivity index (χ3v) is 11.3. The summed E-state index contributed by atoms with van der Waals surface area (Å²) in [6.07, 6.45) is 9.02. The van der Waals surface area contributed by atoms with Crippen LogP contribution >= 0.6 is 0 Å². The quantitative estimate of drug-likeness (QED) is 0.168. The zero-order valence-corrected chi connectivity index (χ0v) is 28.2. The van der Waals surface area contributed by atoms with E-state index in [0.717, 1.165) is 5.69 Å².